The van der Waals surface area contributed by atoms with E-state index in [0.29, 0.717) is 22.8 Å². The number of aromatic nitrogens is 2. The number of piperidine rings is 1. The number of aromatic hydroxyl groups is 1. The summed E-state index contributed by atoms with van der Waals surface area (Å²) in [6.07, 6.45) is 3.61. The largest absolute Gasteiger partial charge is 0.507 e. The molecule has 8 heteroatoms. The third kappa shape index (κ3) is 5.81. The molecule has 1 unspecified atom stereocenters. The van der Waals surface area contributed by atoms with Gasteiger partial charge in [-0.15, -0.1) is 0 Å². The minimum Gasteiger partial charge on any atom is -0.507 e. The van der Waals surface area contributed by atoms with Crippen molar-refractivity contribution < 1.29 is 10.2 Å². The van der Waals surface area contributed by atoms with E-state index in [1.165, 1.54) is 6.33 Å². The number of phenols is 1. The first kappa shape index (κ1) is 20.4. The molecule has 3 rings (SSSR count). The second kappa shape index (κ2) is 10.3. The highest BCUT2D eigenvalue weighted by Crippen LogP contribution is 2.31. The van der Waals surface area contributed by atoms with Crippen molar-refractivity contribution in [2.45, 2.75) is 18.9 Å². The van der Waals surface area contributed by atoms with E-state index in [2.05, 4.69) is 20.2 Å². The lowest BCUT2D eigenvalue weighted by molar-refractivity contribution is 0.296. The van der Waals surface area contributed by atoms with E-state index in [-0.39, 0.29) is 18.4 Å². The highest BCUT2D eigenvalue weighted by atomic mass is 35.5. The molecule has 1 aromatic heterocycles. The summed E-state index contributed by atoms with van der Waals surface area (Å²) in [6, 6.07) is 6.95. The molecule has 1 atom stereocenters. The number of benzene rings is 1. The lowest BCUT2D eigenvalue weighted by Gasteiger charge is -2.31. The molecule has 0 spiro atoms. The maximum atomic E-state index is 9.98. The van der Waals surface area contributed by atoms with E-state index >= 15 is 0 Å². The van der Waals surface area contributed by atoms with Crippen LogP contribution in [0.1, 0.15) is 12.8 Å². The predicted octanol–water partition coefficient (Wildman–Crippen LogP) is 1.63. The second-order valence-electron chi connectivity index (χ2n) is 6.10. The van der Waals surface area contributed by atoms with Crippen molar-refractivity contribution in [3.63, 3.8) is 0 Å². The van der Waals surface area contributed by atoms with Gasteiger partial charge in [0.05, 0.1) is 12.3 Å². The summed E-state index contributed by atoms with van der Waals surface area (Å²) in [5, 5.41) is 21.3. The number of hydrogen-bond acceptors (Lipinski definition) is 7. The van der Waals surface area contributed by atoms with Crippen molar-refractivity contribution in [3.05, 3.63) is 35.6 Å². The molecule has 0 aliphatic carbocycles. The first-order valence-corrected chi connectivity index (χ1v) is 9.00. The highest BCUT2D eigenvalue weighted by Gasteiger charge is 2.19. The molecule has 1 saturated heterocycles. The van der Waals surface area contributed by atoms with Gasteiger partial charge in [-0.25, -0.2) is 9.97 Å². The fourth-order valence-corrected chi connectivity index (χ4v) is 2.88. The minimum atomic E-state index is 0.152. The zero-order valence-electron chi connectivity index (χ0n) is 14.9. The van der Waals surface area contributed by atoms with Crippen LogP contribution in [-0.2, 0) is 0 Å². The minimum absolute atomic E-state index is 0.152. The van der Waals surface area contributed by atoms with Gasteiger partial charge in [0.15, 0.2) is 0 Å². The molecule has 1 aromatic carbocycles. The molecule has 1 aliphatic rings. The molecule has 0 bridgehead atoms. The number of nitrogens with two attached hydrogens (primary N) is 1. The number of nitrogens with zero attached hydrogens (tertiary/aromatic N) is 3. The maximum Gasteiger partial charge on any atom is 0.132 e. The van der Waals surface area contributed by atoms with Gasteiger partial charge in [0.1, 0.15) is 17.9 Å². The van der Waals surface area contributed by atoms with Gasteiger partial charge in [0.2, 0.25) is 0 Å². The summed E-state index contributed by atoms with van der Waals surface area (Å²) in [4.78, 5) is 10.7. The third-order valence-corrected chi connectivity index (χ3v) is 4.27. The van der Waals surface area contributed by atoms with Crippen LogP contribution >= 0.6 is 11.6 Å². The van der Waals surface area contributed by atoms with E-state index in [1.807, 2.05) is 6.07 Å². The number of rotatable bonds is 4. The number of nitrogens with one attached hydrogen (secondary N) is 1. The first-order valence-electron chi connectivity index (χ1n) is 8.62. The van der Waals surface area contributed by atoms with Crippen molar-refractivity contribution >= 4 is 17.4 Å². The molecule has 2 heterocycles. The van der Waals surface area contributed by atoms with Crippen molar-refractivity contribution in [1.82, 2.24) is 15.3 Å². The fourth-order valence-electron chi connectivity index (χ4n) is 2.71. The Morgan fingerprint density at radius 2 is 2.15 bits per heavy atom. The topological polar surface area (TPSA) is 108 Å². The van der Waals surface area contributed by atoms with Crippen molar-refractivity contribution in [2.75, 3.05) is 38.2 Å². The quantitative estimate of drug-likeness (QED) is 0.639. The van der Waals surface area contributed by atoms with Gasteiger partial charge in [-0.1, -0.05) is 11.6 Å². The first-order chi connectivity index (χ1) is 12.5. The number of aliphatic hydroxyl groups excluding tert-OH is 1. The summed E-state index contributed by atoms with van der Waals surface area (Å²) in [7, 11) is 1.80. The van der Waals surface area contributed by atoms with E-state index in [1.54, 1.807) is 25.2 Å². The average molecular weight is 380 g/mol. The van der Waals surface area contributed by atoms with Gasteiger partial charge in [-0.3, -0.25) is 0 Å². The lowest BCUT2D eigenvalue weighted by atomic mass is 10.1. The van der Waals surface area contributed by atoms with Crippen LogP contribution in [0.25, 0.3) is 11.3 Å². The molecular formula is C18H26ClN5O2. The molecule has 1 aliphatic heterocycles. The zero-order chi connectivity index (χ0) is 18.9. The molecule has 142 valence electrons. The van der Waals surface area contributed by atoms with Crippen LogP contribution < -0.4 is 16.0 Å². The number of aliphatic hydroxyl groups is 1. The Morgan fingerprint density at radius 1 is 1.35 bits per heavy atom. The van der Waals surface area contributed by atoms with E-state index in [4.69, 9.17) is 22.4 Å². The standard InChI is InChI=1S/C15H17ClN4O.C3H9NO/c16-10-3-4-14(21)12(6-10)13-7-15(19-9-18-13)20-5-1-2-11(17)8-20;1-4-2-3-5/h3-4,6-7,9,11,21H,1-2,5,8,17H2;4-5H,2-3H2,1H3. The van der Waals surface area contributed by atoms with Crippen molar-refractivity contribution in [1.29, 1.82) is 0 Å². The number of hydrogen-bond donors (Lipinski definition) is 4. The predicted molar refractivity (Wildman–Crippen MR) is 105 cm³/mol. The SMILES string of the molecule is CNCCO.NC1CCCN(c2cc(-c3cc(Cl)ccc3O)ncn2)C1. The zero-order valence-corrected chi connectivity index (χ0v) is 15.7. The van der Waals surface area contributed by atoms with Crippen LogP contribution in [0.15, 0.2) is 30.6 Å². The molecule has 0 amide bonds. The van der Waals surface area contributed by atoms with Crippen LogP contribution in [0, 0.1) is 0 Å². The van der Waals surface area contributed by atoms with Gasteiger partial charge < -0.3 is 26.2 Å². The molecule has 2 aromatic rings. The van der Waals surface area contributed by atoms with Crippen molar-refractivity contribution in [2.24, 2.45) is 5.73 Å². The molecule has 1 fully saturated rings. The van der Waals surface area contributed by atoms with Gasteiger partial charge in [-0.2, -0.15) is 0 Å². The molecule has 5 N–H and O–H groups in total. The molecule has 26 heavy (non-hydrogen) atoms. The van der Waals surface area contributed by atoms with Crippen LogP contribution in [-0.4, -0.2) is 59.5 Å². The Balaban J connectivity index is 0.000000431. The maximum absolute atomic E-state index is 9.98. The normalized spacial score (nSPS) is 16.8. The fraction of sp³-hybridized carbons (Fsp3) is 0.444. The Kier molecular flexibility index (Phi) is 8.06. The lowest BCUT2D eigenvalue weighted by Crippen LogP contribution is -2.43. The van der Waals surface area contributed by atoms with Crippen LogP contribution in [0.4, 0.5) is 5.82 Å². The third-order valence-electron chi connectivity index (χ3n) is 4.03. The van der Waals surface area contributed by atoms with E-state index in [0.717, 1.165) is 31.7 Å². The van der Waals surface area contributed by atoms with Gasteiger partial charge in [-0.05, 0) is 38.1 Å². The van der Waals surface area contributed by atoms with E-state index in [9.17, 15) is 5.11 Å². The average Bonchev–Trinajstić information content (AvgIpc) is 2.65. The summed E-state index contributed by atoms with van der Waals surface area (Å²) < 4.78 is 0. The van der Waals surface area contributed by atoms with Crippen LogP contribution in [0.5, 0.6) is 5.75 Å². The second-order valence-corrected chi connectivity index (χ2v) is 6.53. The van der Waals surface area contributed by atoms with Gasteiger partial charge in [0, 0.05) is 42.3 Å². The molecule has 7 nitrogen and oxygen atoms in total. The molecule has 0 saturated carbocycles. The Hall–Kier alpha value is -1.93. The van der Waals surface area contributed by atoms with Crippen LogP contribution in [0.3, 0.4) is 0 Å². The Morgan fingerprint density at radius 3 is 2.81 bits per heavy atom. The van der Waals surface area contributed by atoms with E-state index < -0.39 is 0 Å². The van der Waals surface area contributed by atoms with Crippen molar-refractivity contribution in [3.8, 4) is 17.0 Å². The summed E-state index contributed by atoms with van der Waals surface area (Å²) in [5.41, 5.74) is 7.27. The summed E-state index contributed by atoms with van der Waals surface area (Å²) in [5.74, 6) is 0.980. The monoisotopic (exact) mass is 379 g/mol. The summed E-state index contributed by atoms with van der Waals surface area (Å²) >= 11 is 5.99. The number of halogens is 1. The number of likely N-dealkylation sites (N-methyl/N-ethyl adjacent to an activating group) is 1. The smallest absolute Gasteiger partial charge is 0.132 e. The molecular weight excluding hydrogens is 354 g/mol. The summed E-state index contributed by atoms with van der Waals surface area (Å²) in [6.45, 7) is 2.65. The highest BCUT2D eigenvalue weighted by molar-refractivity contribution is 6.30. The van der Waals surface area contributed by atoms with Crippen LogP contribution in [0.2, 0.25) is 5.02 Å². The molecule has 0 radical (unpaired) electrons. The Labute approximate surface area is 158 Å². The van der Waals surface area contributed by atoms with Gasteiger partial charge in [0.25, 0.3) is 0 Å². The number of phenolic OH excluding ortho intramolecular Hbond substituents is 1. The number of anilines is 1. The van der Waals surface area contributed by atoms with Gasteiger partial charge >= 0.3 is 0 Å². The Bertz CT molecular complexity index is 699.